The minimum absolute atomic E-state index is 0.127. The molecule has 6 nitrogen and oxygen atoms in total. The molecule has 0 saturated carbocycles. The molecule has 0 spiro atoms. The normalized spacial score (nSPS) is 19.9. The molecule has 2 unspecified atom stereocenters. The maximum Gasteiger partial charge on any atom is 0.328 e. The molecule has 1 saturated heterocycles. The van der Waals surface area contributed by atoms with Crippen molar-refractivity contribution in [1.82, 2.24) is 15.5 Å². The number of amides is 1. The topological polar surface area (TPSA) is 70.7 Å². The van der Waals surface area contributed by atoms with Gasteiger partial charge in [0.25, 0.3) is 0 Å². The zero-order valence-electron chi connectivity index (χ0n) is 11.4. The van der Waals surface area contributed by atoms with Crippen LogP contribution in [0, 0.1) is 0 Å². The van der Waals surface area contributed by atoms with Gasteiger partial charge in [-0.15, -0.1) is 0 Å². The van der Waals surface area contributed by atoms with Crippen molar-refractivity contribution < 1.29 is 14.3 Å². The van der Waals surface area contributed by atoms with Crippen LogP contribution in [0.25, 0.3) is 0 Å². The highest BCUT2D eigenvalue weighted by atomic mass is 16.5. The fourth-order valence-corrected chi connectivity index (χ4v) is 1.90. The summed E-state index contributed by atoms with van der Waals surface area (Å²) in [4.78, 5) is 25.5. The van der Waals surface area contributed by atoms with Crippen molar-refractivity contribution in [3.63, 3.8) is 0 Å². The molecular formula is C12H23N3O3. The zero-order valence-corrected chi connectivity index (χ0v) is 11.4. The highest BCUT2D eigenvalue weighted by Gasteiger charge is 2.25. The van der Waals surface area contributed by atoms with E-state index in [0.717, 1.165) is 26.2 Å². The molecule has 0 bridgehead atoms. The van der Waals surface area contributed by atoms with Gasteiger partial charge >= 0.3 is 5.97 Å². The first-order valence-electron chi connectivity index (χ1n) is 6.48. The van der Waals surface area contributed by atoms with E-state index in [9.17, 15) is 9.59 Å². The molecule has 1 amide bonds. The van der Waals surface area contributed by atoms with Crippen LogP contribution in [-0.4, -0.2) is 61.6 Å². The van der Waals surface area contributed by atoms with Crippen LogP contribution < -0.4 is 10.6 Å². The molecule has 6 heteroatoms. The summed E-state index contributed by atoms with van der Waals surface area (Å²) in [5.41, 5.74) is 0. The Balaban J connectivity index is 2.41. The summed E-state index contributed by atoms with van der Waals surface area (Å²) in [6, 6.07) is -0.813. The first-order chi connectivity index (χ1) is 8.56. The first kappa shape index (κ1) is 14.9. The van der Waals surface area contributed by atoms with Crippen LogP contribution in [0.5, 0.6) is 0 Å². The number of ether oxygens (including phenoxy) is 1. The van der Waals surface area contributed by atoms with E-state index in [-0.39, 0.29) is 11.9 Å². The molecule has 0 aliphatic carbocycles. The minimum Gasteiger partial charge on any atom is -0.464 e. The Morgan fingerprint density at radius 3 is 2.50 bits per heavy atom. The summed E-state index contributed by atoms with van der Waals surface area (Å²) in [6.07, 6.45) is 0. The summed E-state index contributed by atoms with van der Waals surface area (Å²) in [5, 5.41) is 5.92. The van der Waals surface area contributed by atoms with Gasteiger partial charge in [-0.1, -0.05) is 0 Å². The number of rotatable bonds is 5. The zero-order chi connectivity index (χ0) is 13.5. The second kappa shape index (κ2) is 7.33. The van der Waals surface area contributed by atoms with Crippen LogP contribution in [0.15, 0.2) is 0 Å². The summed E-state index contributed by atoms with van der Waals surface area (Å²) in [6.45, 7) is 9.06. The molecule has 0 aromatic heterocycles. The molecule has 104 valence electrons. The van der Waals surface area contributed by atoms with Crippen molar-refractivity contribution in [3.05, 3.63) is 0 Å². The fourth-order valence-electron chi connectivity index (χ4n) is 1.90. The van der Waals surface area contributed by atoms with E-state index in [1.165, 1.54) is 0 Å². The fraction of sp³-hybridized carbons (Fsp3) is 0.833. The molecule has 2 N–H and O–H groups in total. The van der Waals surface area contributed by atoms with Gasteiger partial charge in [0.2, 0.25) is 5.91 Å². The number of carbonyl (C=O) groups is 2. The van der Waals surface area contributed by atoms with Crippen LogP contribution in [0.1, 0.15) is 20.8 Å². The van der Waals surface area contributed by atoms with Gasteiger partial charge < -0.3 is 15.4 Å². The average molecular weight is 257 g/mol. The number of carbonyl (C=O) groups excluding carboxylic acids is 2. The standard InChI is InChI=1S/C12H23N3O3/c1-4-18-12(17)9(2)14-11(16)10(3)15-7-5-13-6-8-15/h9-10,13H,4-8H2,1-3H3,(H,14,16). The van der Waals surface area contributed by atoms with E-state index in [1.807, 2.05) is 6.92 Å². The number of nitrogens with one attached hydrogen (secondary N) is 2. The summed E-state index contributed by atoms with van der Waals surface area (Å²) in [7, 11) is 0. The summed E-state index contributed by atoms with van der Waals surface area (Å²) >= 11 is 0. The van der Waals surface area contributed by atoms with Crippen LogP contribution in [0.3, 0.4) is 0 Å². The van der Waals surface area contributed by atoms with Gasteiger partial charge in [-0.2, -0.15) is 0 Å². The summed E-state index contributed by atoms with van der Waals surface area (Å²) in [5.74, 6) is -0.518. The Morgan fingerprint density at radius 2 is 1.94 bits per heavy atom. The van der Waals surface area contributed by atoms with Crippen LogP contribution in [-0.2, 0) is 14.3 Å². The lowest BCUT2D eigenvalue weighted by atomic mass is 10.2. The van der Waals surface area contributed by atoms with Gasteiger partial charge in [0, 0.05) is 26.2 Å². The van der Waals surface area contributed by atoms with Gasteiger partial charge in [-0.25, -0.2) is 4.79 Å². The molecule has 1 aliphatic rings. The van der Waals surface area contributed by atoms with E-state index in [4.69, 9.17) is 4.74 Å². The number of esters is 1. The van der Waals surface area contributed by atoms with Gasteiger partial charge in [0.1, 0.15) is 6.04 Å². The lowest BCUT2D eigenvalue weighted by Crippen LogP contribution is -2.54. The molecule has 0 radical (unpaired) electrons. The molecule has 2 atom stereocenters. The van der Waals surface area contributed by atoms with Crippen molar-refractivity contribution in [2.24, 2.45) is 0 Å². The van der Waals surface area contributed by atoms with Crippen LogP contribution in [0.2, 0.25) is 0 Å². The largest absolute Gasteiger partial charge is 0.464 e. The van der Waals surface area contributed by atoms with E-state index in [1.54, 1.807) is 13.8 Å². The number of hydrogen-bond acceptors (Lipinski definition) is 5. The monoisotopic (exact) mass is 257 g/mol. The average Bonchev–Trinajstić information content (AvgIpc) is 2.39. The van der Waals surface area contributed by atoms with E-state index in [0.29, 0.717) is 6.61 Å². The van der Waals surface area contributed by atoms with Crippen molar-refractivity contribution in [1.29, 1.82) is 0 Å². The Morgan fingerprint density at radius 1 is 1.33 bits per heavy atom. The number of nitrogens with zero attached hydrogens (tertiary/aromatic N) is 1. The molecule has 1 fully saturated rings. The Hall–Kier alpha value is -1.14. The smallest absolute Gasteiger partial charge is 0.328 e. The summed E-state index contributed by atoms with van der Waals surface area (Å²) < 4.78 is 4.85. The van der Waals surface area contributed by atoms with E-state index in [2.05, 4.69) is 15.5 Å². The lowest BCUT2D eigenvalue weighted by Gasteiger charge is -2.32. The van der Waals surface area contributed by atoms with E-state index < -0.39 is 12.0 Å². The van der Waals surface area contributed by atoms with Crippen molar-refractivity contribution >= 4 is 11.9 Å². The first-order valence-corrected chi connectivity index (χ1v) is 6.48. The Bertz CT molecular complexity index is 290. The molecular weight excluding hydrogens is 234 g/mol. The Kier molecular flexibility index (Phi) is 6.07. The van der Waals surface area contributed by atoms with Crippen molar-refractivity contribution in [3.8, 4) is 0 Å². The molecule has 0 aromatic rings. The minimum atomic E-state index is -0.595. The second-order valence-electron chi connectivity index (χ2n) is 4.44. The highest BCUT2D eigenvalue weighted by molar-refractivity contribution is 5.87. The van der Waals surface area contributed by atoms with Crippen LogP contribution >= 0.6 is 0 Å². The highest BCUT2D eigenvalue weighted by Crippen LogP contribution is 2.02. The predicted octanol–water partition coefficient (Wildman–Crippen LogP) is -0.652. The van der Waals surface area contributed by atoms with Gasteiger partial charge in [-0.3, -0.25) is 9.69 Å². The maximum atomic E-state index is 12.0. The van der Waals surface area contributed by atoms with Crippen molar-refractivity contribution in [2.75, 3.05) is 32.8 Å². The molecule has 18 heavy (non-hydrogen) atoms. The molecule has 0 aromatic carbocycles. The van der Waals surface area contributed by atoms with E-state index >= 15 is 0 Å². The molecule has 1 rings (SSSR count). The third-order valence-corrected chi connectivity index (χ3v) is 3.08. The second-order valence-corrected chi connectivity index (χ2v) is 4.44. The third-order valence-electron chi connectivity index (χ3n) is 3.08. The Labute approximate surface area is 108 Å². The maximum absolute atomic E-state index is 12.0. The SMILES string of the molecule is CCOC(=O)C(C)NC(=O)C(C)N1CCNCC1. The molecule has 1 heterocycles. The molecule has 1 aliphatic heterocycles. The van der Waals surface area contributed by atoms with Gasteiger partial charge in [-0.05, 0) is 20.8 Å². The van der Waals surface area contributed by atoms with Gasteiger partial charge in [0.15, 0.2) is 0 Å². The lowest BCUT2D eigenvalue weighted by molar-refractivity contribution is -0.147. The van der Waals surface area contributed by atoms with Crippen LogP contribution in [0.4, 0.5) is 0 Å². The number of piperazine rings is 1. The predicted molar refractivity (Wildman–Crippen MR) is 68.1 cm³/mol. The quantitative estimate of drug-likeness (QED) is 0.640. The van der Waals surface area contributed by atoms with Gasteiger partial charge in [0.05, 0.1) is 12.6 Å². The number of hydrogen-bond donors (Lipinski definition) is 2. The van der Waals surface area contributed by atoms with Crippen molar-refractivity contribution in [2.45, 2.75) is 32.9 Å². The third kappa shape index (κ3) is 4.27.